The zero-order chi connectivity index (χ0) is 14.9. The monoisotopic (exact) mass is 291 g/mol. The number of morpholine rings is 1. The Morgan fingerprint density at radius 2 is 2.25 bits per heavy atom. The van der Waals surface area contributed by atoms with E-state index >= 15 is 0 Å². The Morgan fingerprint density at radius 1 is 1.55 bits per heavy atom. The highest BCUT2D eigenvalue weighted by Gasteiger charge is 2.44. The summed E-state index contributed by atoms with van der Waals surface area (Å²) in [6, 6.07) is 0. The lowest BCUT2D eigenvalue weighted by Crippen LogP contribution is -2.51. The van der Waals surface area contributed by atoms with Crippen LogP contribution in [0, 0.1) is 6.92 Å². The van der Waals surface area contributed by atoms with E-state index in [0.29, 0.717) is 5.82 Å². The normalized spacial score (nSPS) is 20.0. The van der Waals surface area contributed by atoms with Crippen LogP contribution in [-0.2, 0) is 4.74 Å². The number of halogens is 3. The summed E-state index contributed by atoms with van der Waals surface area (Å²) in [5, 5.41) is 0. The van der Waals surface area contributed by atoms with Gasteiger partial charge in [-0.1, -0.05) is 0 Å². The van der Waals surface area contributed by atoms with Crippen molar-refractivity contribution in [2.45, 2.75) is 19.2 Å². The average Bonchev–Trinajstić information content (AvgIpc) is 2.37. The number of aromatic amines is 1. The maximum Gasteiger partial charge on any atom is 0.416 e. The summed E-state index contributed by atoms with van der Waals surface area (Å²) < 4.78 is 42.3. The van der Waals surface area contributed by atoms with Crippen LogP contribution in [0.15, 0.2) is 11.0 Å². The number of hydrogen-bond acceptors (Lipinski definition) is 4. The summed E-state index contributed by atoms with van der Waals surface area (Å²) in [6.45, 7) is 0.672. The van der Waals surface area contributed by atoms with E-state index in [9.17, 15) is 22.8 Å². The van der Waals surface area contributed by atoms with Gasteiger partial charge in [0.1, 0.15) is 11.4 Å². The van der Waals surface area contributed by atoms with Crippen molar-refractivity contribution in [3.63, 3.8) is 0 Å². The number of H-pyrrole nitrogens is 1. The summed E-state index contributed by atoms with van der Waals surface area (Å²) in [4.78, 5) is 30.7. The molecule has 0 bridgehead atoms. The molecule has 1 fully saturated rings. The van der Waals surface area contributed by atoms with E-state index in [4.69, 9.17) is 0 Å². The van der Waals surface area contributed by atoms with Crippen LogP contribution >= 0.6 is 0 Å². The number of ether oxygens (including phenoxy) is 1. The molecule has 1 aromatic rings. The largest absolute Gasteiger partial charge is 0.416 e. The first-order chi connectivity index (χ1) is 9.29. The lowest BCUT2D eigenvalue weighted by atomic mass is 10.2. The van der Waals surface area contributed by atoms with Crippen molar-refractivity contribution in [1.82, 2.24) is 14.9 Å². The number of hydrogen-bond donors (Lipinski definition) is 1. The van der Waals surface area contributed by atoms with Gasteiger partial charge in [0.25, 0.3) is 11.5 Å². The van der Waals surface area contributed by atoms with E-state index in [1.165, 1.54) is 6.92 Å². The Labute approximate surface area is 111 Å². The molecule has 0 saturated carbocycles. The van der Waals surface area contributed by atoms with Crippen molar-refractivity contribution in [2.75, 3.05) is 19.7 Å². The predicted octanol–water partition coefficient (Wildman–Crippen LogP) is 0.482. The minimum Gasteiger partial charge on any atom is -0.365 e. The van der Waals surface area contributed by atoms with Crippen LogP contribution < -0.4 is 5.56 Å². The number of carbonyl (C=O) groups excluding carboxylic acids is 1. The molecular formula is C11H12F3N3O3. The van der Waals surface area contributed by atoms with Gasteiger partial charge in [-0.15, -0.1) is 0 Å². The summed E-state index contributed by atoms with van der Waals surface area (Å²) in [5.74, 6) is -0.460. The van der Waals surface area contributed by atoms with Crippen LogP contribution in [0.2, 0.25) is 0 Å². The number of aromatic nitrogens is 2. The average molecular weight is 291 g/mol. The summed E-state index contributed by atoms with van der Waals surface area (Å²) in [6.07, 6.45) is -5.51. The summed E-state index contributed by atoms with van der Waals surface area (Å²) in [5.41, 5.74) is -0.948. The van der Waals surface area contributed by atoms with Crippen molar-refractivity contribution in [3.8, 4) is 0 Å². The minimum absolute atomic E-state index is 0.00126. The fourth-order valence-electron chi connectivity index (χ4n) is 1.84. The molecule has 110 valence electrons. The predicted molar refractivity (Wildman–Crippen MR) is 61.3 cm³/mol. The molecule has 0 unspecified atom stereocenters. The maximum absolute atomic E-state index is 12.6. The van der Waals surface area contributed by atoms with Gasteiger partial charge in [0.15, 0.2) is 6.10 Å². The van der Waals surface area contributed by atoms with E-state index < -0.39 is 30.3 Å². The number of aryl methyl sites for hydroxylation is 1. The van der Waals surface area contributed by atoms with Gasteiger partial charge < -0.3 is 14.6 Å². The fraction of sp³-hybridized carbons (Fsp3) is 0.545. The molecule has 0 spiro atoms. The van der Waals surface area contributed by atoms with E-state index in [-0.39, 0.29) is 18.7 Å². The van der Waals surface area contributed by atoms with E-state index in [2.05, 4.69) is 14.7 Å². The van der Waals surface area contributed by atoms with E-state index in [0.717, 1.165) is 11.1 Å². The molecule has 1 aliphatic rings. The van der Waals surface area contributed by atoms with Gasteiger partial charge in [-0.25, -0.2) is 4.98 Å². The quantitative estimate of drug-likeness (QED) is 0.816. The molecule has 0 aromatic carbocycles. The van der Waals surface area contributed by atoms with Crippen molar-refractivity contribution in [1.29, 1.82) is 0 Å². The van der Waals surface area contributed by atoms with Crippen LogP contribution in [0.3, 0.4) is 0 Å². The molecule has 20 heavy (non-hydrogen) atoms. The fourth-order valence-corrected chi connectivity index (χ4v) is 1.84. The first-order valence-corrected chi connectivity index (χ1v) is 5.82. The molecule has 2 heterocycles. The molecule has 1 atom stereocenters. The summed E-state index contributed by atoms with van der Waals surface area (Å²) >= 11 is 0. The summed E-state index contributed by atoms with van der Waals surface area (Å²) in [7, 11) is 0. The molecular weight excluding hydrogens is 279 g/mol. The molecule has 9 heteroatoms. The second kappa shape index (κ2) is 5.23. The third kappa shape index (κ3) is 2.98. The Balaban J connectivity index is 2.19. The van der Waals surface area contributed by atoms with Gasteiger partial charge in [-0.05, 0) is 6.92 Å². The van der Waals surface area contributed by atoms with Crippen molar-refractivity contribution in [2.24, 2.45) is 0 Å². The SMILES string of the molecule is Cc1ncc(C(=O)N2CCO[C@@H](C(F)(F)F)C2)c(=O)[nH]1. The number of alkyl halides is 3. The second-order valence-electron chi connectivity index (χ2n) is 4.36. The van der Waals surface area contributed by atoms with Gasteiger partial charge in [0.05, 0.1) is 13.2 Å². The molecule has 1 amide bonds. The molecule has 6 nitrogen and oxygen atoms in total. The second-order valence-corrected chi connectivity index (χ2v) is 4.36. The molecule has 1 saturated heterocycles. The Morgan fingerprint density at radius 3 is 2.85 bits per heavy atom. The lowest BCUT2D eigenvalue weighted by Gasteiger charge is -2.33. The number of nitrogens with zero attached hydrogens (tertiary/aromatic N) is 2. The van der Waals surface area contributed by atoms with Crippen LogP contribution in [-0.4, -0.2) is 52.8 Å². The highest BCUT2D eigenvalue weighted by molar-refractivity contribution is 5.93. The molecule has 0 radical (unpaired) electrons. The minimum atomic E-state index is -4.54. The van der Waals surface area contributed by atoms with Crippen LogP contribution in [0.25, 0.3) is 0 Å². The van der Waals surface area contributed by atoms with Crippen LogP contribution in [0.1, 0.15) is 16.2 Å². The van der Waals surface area contributed by atoms with Gasteiger partial charge in [-0.2, -0.15) is 13.2 Å². The maximum atomic E-state index is 12.6. The van der Waals surface area contributed by atoms with E-state index in [1.807, 2.05) is 0 Å². The van der Waals surface area contributed by atoms with Gasteiger partial charge >= 0.3 is 6.18 Å². The third-order valence-electron chi connectivity index (χ3n) is 2.88. The highest BCUT2D eigenvalue weighted by Crippen LogP contribution is 2.26. The number of rotatable bonds is 1. The smallest absolute Gasteiger partial charge is 0.365 e. The molecule has 1 aliphatic heterocycles. The molecule has 0 aliphatic carbocycles. The number of carbonyl (C=O) groups is 1. The third-order valence-corrected chi connectivity index (χ3v) is 2.88. The standard InChI is InChI=1S/C11H12F3N3O3/c1-6-15-4-7(9(18)16-6)10(19)17-2-3-20-8(5-17)11(12,13)14/h4,8H,2-3,5H2,1H3,(H,15,16,18)/t8-/m1/s1. The Hall–Kier alpha value is -1.90. The first-order valence-electron chi connectivity index (χ1n) is 5.82. The zero-order valence-corrected chi connectivity index (χ0v) is 10.5. The Bertz CT molecular complexity index is 570. The van der Waals surface area contributed by atoms with E-state index in [1.54, 1.807) is 0 Å². The zero-order valence-electron chi connectivity index (χ0n) is 10.5. The van der Waals surface area contributed by atoms with Gasteiger partial charge in [0, 0.05) is 12.7 Å². The van der Waals surface area contributed by atoms with Crippen LogP contribution in [0.4, 0.5) is 13.2 Å². The topological polar surface area (TPSA) is 75.3 Å². The molecule has 1 aromatic heterocycles. The van der Waals surface area contributed by atoms with Gasteiger partial charge in [-0.3, -0.25) is 9.59 Å². The first kappa shape index (κ1) is 14.5. The highest BCUT2D eigenvalue weighted by atomic mass is 19.4. The number of amides is 1. The van der Waals surface area contributed by atoms with Crippen molar-refractivity contribution in [3.05, 3.63) is 27.9 Å². The Kier molecular flexibility index (Phi) is 3.80. The number of nitrogens with one attached hydrogen (secondary N) is 1. The molecule has 1 N–H and O–H groups in total. The lowest BCUT2D eigenvalue weighted by molar-refractivity contribution is -0.233. The van der Waals surface area contributed by atoms with Gasteiger partial charge in [0.2, 0.25) is 0 Å². The van der Waals surface area contributed by atoms with Crippen molar-refractivity contribution < 1.29 is 22.7 Å². The van der Waals surface area contributed by atoms with Crippen molar-refractivity contribution >= 4 is 5.91 Å². The molecule has 2 rings (SSSR count). The van der Waals surface area contributed by atoms with Crippen LogP contribution in [0.5, 0.6) is 0 Å².